The average molecular weight is 274 g/mol. The molecular weight excluding hydrogens is 256 g/mol. The van der Waals surface area contributed by atoms with E-state index in [2.05, 4.69) is 5.32 Å². The number of hydrogen-bond acceptors (Lipinski definition) is 3. The molecule has 0 fully saturated rings. The van der Waals surface area contributed by atoms with E-state index in [4.69, 9.17) is 5.73 Å². The Labute approximate surface area is 117 Å². The molecule has 0 bridgehead atoms. The van der Waals surface area contributed by atoms with E-state index < -0.39 is 0 Å². The molecule has 1 amide bonds. The molecule has 0 aliphatic heterocycles. The van der Waals surface area contributed by atoms with Crippen LogP contribution in [0.1, 0.15) is 24.1 Å². The second-order valence-electron chi connectivity index (χ2n) is 4.57. The minimum absolute atomic E-state index is 0.0115. The lowest BCUT2D eigenvalue weighted by Gasteiger charge is -2.19. The molecule has 100 valence electrons. The largest absolute Gasteiger partial charge is 0.352 e. The summed E-state index contributed by atoms with van der Waals surface area (Å²) < 4.78 is 0. The summed E-state index contributed by atoms with van der Waals surface area (Å²) in [6.07, 6.45) is 0. The van der Waals surface area contributed by atoms with Crippen LogP contribution in [0.2, 0.25) is 0 Å². The van der Waals surface area contributed by atoms with Crippen LogP contribution in [-0.2, 0) is 11.3 Å². The van der Waals surface area contributed by atoms with Crippen LogP contribution in [-0.4, -0.2) is 5.91 Å². The molecule has 2 aromatic rings. The Morgan fingerprint density at radius 1 is 1.32 bits per heavy atom. The fourth-order valence-electron chi connectivity index (χ4n) is 1.87. The molecule has 19 heavy (non-hydrogen) atoms. The first kappa shape index (κ1) is 13.8. The van der Waals surface area contributed by atoms with Gasteiger partial charge in [0.1, 0.15) is 0 Å². The van der Waals surface area contributed by atoms with Gasteiger partial charge in [-0.2, -0.15) is 11.3 Å². The Kier molecular flexibility index (Phi) is 4.71. The lowest BCUT2D eigenvalue weighted by Crippen LogP contribution is -2.35. The van der Waals surface area contributed by atoms with E-state index in [0.29, 0.717) is 6.54 Å². The lowest BCUT2D eigenvalue weighted by molar-refractivity contribution is -0.125. The van der Waals surface area contributed by atoms with Crippen molar-refractivity contribution >= 4 is 17.2 Å². The molecule has 3 nitrogen and oxygen atoms in total. The van der Waals surface area contributed by atoms with Crippen molar-refractivity contribution < 1.29 is 4.79 Å². The molecule has 2 atom stereocenters. The molecule has 0 saturated carbocycles. The third-order valence-electron chi connectivity index (χ3n) is 3.18. The van der Waals surface area contributed by atoms with Crippen LogP contribution in [0.3, 0.4) is 0 Å². The standard InChI is InChI=1S/C15H18N2OS/c1-11(14(16)13-5-3-2-4-6-13)15(18)17-9-12-7-8-19-10-12/h2-8,10-11,14H,9,16H2,1H3,(H,17,18). The van der Waals surface area contributed by atoms with Gasteiger partial charge >= 0.3 is 0 Å². The van der Waals surface area contributed by atoms with Crippen molar-refractivity contribution in [2.45, 2.75) is 19.5 Å². The molecule has 2 unspecified atom stereocenters. The average Bonchev–Trinajstić information content (AvgIpc) is 2.97. The number of rotatable bonds is 5. The molecule has 1 heterocycles. The number of thiophene rings is 1. The first-order chi connectivity index (χ1) is 9.18. The van der Waals surface area contributed by atoms with Crippen LogP contribution >= 0.6 is 11.3 Å². The van der Waals surface area contributed by atoms with E-state index in [1.54, 1.807) is 11.3 Å². The van der Waals surface area contributed by atoms with Gasteiger partial charge in [-0.1, -0.05) is 37.3 Å². The van der Waals surface area contributed by atoms with E-state index in [-0.39, 0.29) is 17.9 Å². The monoisotopic (exact) mass is 274 g/mol. The Morgan fingerprint density at radius 3 is 2.68 bits per heavy atom. The first-order valence-corrected chi connectivity index (χ1v) is 7.22. The van der Waals surface area contributed by atoms with Crippen molar-refractivity contribution in [3.63, 3.8) is 0 Å². The van der Waals surface area contributed by atoms with Crippen molar-refractivity contribution in [3.05, 3.63) is 58.3 Å². The van der Waals surface area contributed by atoms with Crippen molar-refractivity contribution in [2.24, 2.45) is 11.7 Å². The van der Waals surface area contributed by atoms with Gasteiger partial charge in [0, 0.05) is 12.6 Å². The van der Waals surface area contributed by atoms with Gasteiger partial charge in [-0.15, -0.1) is 0 Å². The summed E-state index contributed by atoms with van der Waals surface area (Å²) in [7, 11) is 0. The van der Waals surface area contributed by atoms with Crippen molar-refractivity contribution in [2.75, 3.05) is 0 Å². The van der Waals surface area contributed by atoms with Gasteiger partial charge in [0.25, 0.3) is 0 Å². The van der Waals surface area contributed by atoms with Crippen molar-refractivity contribution in [3.8, 4) is 0 Å². The summed E-state index contributed by atoms with van der Waals surface area (Å²) in [5.41, 5.74) is 8.24. The Morgan fingerprint density at radius 2 is 2.05 bits per heavy atom. The SMILES string of the molecule is CC(C(=O)NCc1ccsc1)C(N)c1ccccc1. The number of carbonyl (C=O) groups is 1. The maximum Gasteiger partial charge on any atom is 0.225 e. The molecule has 1 aromatic heterocycles. The fourth-order valence-corrected chi connectivity index (χ4v) is 2.54. The molecule has 1 aromatic carbocycles. The zero-order valence-electron chi connectivity index (χ0n) is 10.9. The molecule has 4 heteroatoms. The summed E-state index contributed by atoms with van der Waals surface area (Å²) in [6, 6.07) is 11.4. The number of nitrogens with one attached hydrogen (secondary N) is 1. The molecule has 2 rings (SSSR count). The summed E-state index contributed by atoms with van der Waals surface area (Å²) in [5, 5.41) is 6.95. The zero-order chi connectivity index (χ0) is 13.7. The van der Waals surface area contributed by atoms with Crippen LogP contribution in [0.4, 0.5) is 0 Å². The van der Waals surface area contributed by atoms with Crippen LogP contribution in [0.25, 0.3) is 0 Å². The maximum absolute atomic E-state index is 12.1. The van der Waals surface area contributed by atoms with Gasteiger partial charge in [-0.05, 0) is 28.0 Å². The summed E-state index contributed by atoms with van der Waals surface area (Å²) in [4.78, 5) is 12.1. The first-order valence-electron chi connectivity index (χ1n) is 6.28. The van der Waals surface area contributed by atoms with E-state index in [1.165, 1.54) is 0 Å². The molecular formula is C15H18N2OS. The van der Waals surface area contributed by atoms with Gasteiger partial charge in [0.2, 0.25) is 5.91 Å². The zero-order valence-corrected chi connectivity index (χ0v) is 11.7. The summed E-state index contributed by atoms with van der Waals surface area (Å²) in [5.74, 6) is -0.261. The highest BCUT2D eigenvalue weighted by atomic mass is 32.1. The highest BCUT2D eigenvalue weighted by Gasteiger charge is 2.21. The van der Waals surface area contributed by atoms with Gasteiger partial charge < -0.3 is 11.1 Å². The summed E-state index contributed by atoms with van der Waals surface area (Å²) in [6.45, 7) is 2.43. The quantitative estimate of drug-likeness (QED) is 0.880. The highest BCUT2D eigenvalue weighted by molar-refractivity contribution is 7.07. The number of hydrogen-bond donors (Lipinski definition) is 2. The van der Waals surface area contributed by atoms with Gasteiger partial charge in [-0.3, -0.25) is 4.79 Å². The smallest absolute Gasteiger partial charge is 0.225 e. The van der Waals surface area contributed by atoms with E-state index in [9.17, 15) is 4.79 Å². The Hall–Kier alpha value is -1.65. The highest BCUT2D eigenvalue weighted by Crippen LogP contribution is 2.19. The number of amides is 1. The fraction of sp³-hybridized carbons (Fsp3) is 0.267. The van der Waals surface area contributed by atoms with Gasteiger partial charge in [0.15, 0.2) is 0 Å². The normalized spacial score (nSPS) is 13.8. The van der Waals surface area contributed by atoms with Crippen molar-refractivity contribution in [1.29, 1.82) is 0 Å². The molecule has 0 aliphatic carbocycles. The predicted octanol–water partition coefficient (Wildman–Crippen LogP) is 2.70. The van der Waals surface area contributed by atoms with Crippen LogP contribution in [0.5, 0.6) is 0 Å². The predicted molar refractivity (Wildman–Crippen MR) is 78.7 cm³/mol. The molecule has 0 radical (unpaired) electrons. The minimum atomic E-state index is -0.274. The van der Waals surface area contributed by atoms with Crippen LogP contribution < -0.4 is 11.1 Å². The minimum Gasteiger partial charge on any atom is -0.352 e. The molecule has 0 aliphatic rings. The lowest BCUT2D eigenvalue weighted by atomic mass is 9.94. The third kappa shape index (κ3) is 3.66. The Balaban J connectivity index is 1.91. The Bertz CT molecular complexity index is 510. The van der Waals surface area contributed by atoms with E-state index in [0.717, 1.165) is 11.1 Å². The third-order valence-corrected chi connectivity index (χ3v) is 3.92. The van der Waals surface area contributed by atoms with E-state index >= 15 is 0 Å². The molecule has 0 saturated heterocycles. The number of nitrogens with two attached hydrogens (primary N) is 1. The van der Waals surface area contributed by atoms with Crippen LogP contribution in [0, 0.1) is 5.92 Å². The second-order valence-corrected chi connectivity index (χ2v) is 5.35. The topological polar surface area (TPSA) is 55.1 Å². The number of benzene rings is 1. The van der Waals surface area contributed by atoms with Crippen molar-refractivity contribution in [1.82, 2.24) is 5.32 Å². The molecule has 0 spiro atoms. The summed E-state index contributed by atoms with van der Waals surface area (Å²) >= 11 is 1.63. The van der Waals surface area contributed by atoms with Crippen LogP contribution in [0.15, 0.2) is 47.2 Å². The molecule has 3 N–H and O–H groups in total. The van der Waals surface area contributed by atoms with E-state index in [1.807, 2.05) is 54.1 Å². The number of carbonyl (C=O) groups excluding carboxylic acids is 1. The van der Waals surface area contributed by atoms with Gasteiger partial charge in [0.05, 0.1) is 5.92 Å². The second kappa shape index (κ2) is 6.50. The van der Waals surface area contributed by atoms with Gasteiger partial charge in [-0.25, -0.2) is 0 Å². The maximum atomic E-state index is 12.1.